The smallest absolute Gasteiger partial charge is 0.342 e. The van der Waals surface area contributed by atoms with Crippen LogP contribution in [0, 0.1) is 0 Å². The Kier molecular flexibility index (Phi) is 5.57. The summed E-state index contributed by atoms with van der Waals surface area (Å²) in [5.74, 6) is 0.424. The lowest BCUT2D eigenvalue weighted by atomic mass is 10.1. The highest BCUT2D eigenvalue weighted by Gasteiger charge is 2.34. The molecule has 3 aromatic rings. The van der Waals surface area contributed by atoms with Crippen LogP contribution in [0.25, 0.3) is 11.5 Å². The van der Waals surface area contributed by atoms with Gasteiger partial charge < -0.3 is 9.42 Å². The van der Waals surface area contributed by atoms with Crippen LogP contribution in [0.15, 0.2) is 59.1 Å². The number of amides is 1. The molecule has 1 amide bonds. The molecule has 0 radical (unpaired) electrons. The minimum atomic E-state index is -4.40. The van der Waals surface area contributed by atoms with E-state index in [0.717, 1.165) is 25.0 Å². The summed E-state index contributed by atoms with van der Waals surface area (Å²) < 4.78 is 43.3. The minimum absolute atomic E-state index is 0.0499. The van der Waals surface area contributed by atoms with Crippen LogP contribution in [0.3, 0.4) is 0 Å². The number of halogens is 3. The fourth-order valence-electron chi connectivity index (χ4n) is 3.60. The van der Waals surface area contributed by atoms with Crippen LogP contribution in [0.4, 0.5) is 13.2 Å². The van der Waals surface area contributed by atoms with Crippen molar-refractivity contribution in [2.24, 2.45) is 0 Å². The molecule has 1 aliphatic heterocycles. The zero-order valence-electron chi connectivity index (χ0n) is 16.1. The molecule has 0 bridgehead atoms. The van der Waals surface area contributed by atoms with E-state index in [4.69, 9.17) is 4.52 Å². The van der Waals surface area contributed by atoms with Crippen LogP contribution in [-0.4, -0.2) is 34.0 Å². The monoisotopic (exact) mass is 415 g/mol. The van der Waals surface area contributed by atoms with E-state index in [9.17, 15) is 18.0 Å². The summed E-state index contributed by atoms with van der Waals surface area (Å²) in [6.07, 6.45) is -2.33. The van der Waals surface area contributed by atoms with Gasteiger partial charge >= 0.3 is 6.18 Å². The highest BCUT2D eigenvalue weighted by molar-refractivity contribution is 5.79. The average molecular weight is 415 g/mol. The molecule has 0 N–H and O–H groups in total. The van der Waals surface area contributed by atoms with E-state index in [1.165, 1.54) is 17.7 Å². The molecule has 2 heterocycles. The summed E-state index contributed by atoms with van der Waals surface area (Å²) in [6, 6.07) is 14.7. The normalized spacial score (nSPS) is 17.0. The molecular formula is C22H20F3N3O2. The third-order valence-corrected chi connectivity index (χ3v) is 5.22. The van der Waals surface area contributed by atoms with Gasteiger partial charge in [-0.3, -0.25) is 4.79 Å². The first kappa shape index (κ1) is 20.1. The Morgan fingerprint density at radius 1 is 1.07 bits per heavy atom. The van der Waals surface area contributed by atoms with Crippen molar-refractivity contribution in [3.8, 4) is 11.5 Å². The Bertz CT molecular complexity index is 1000. The summed E-state index contributed by atoms with van der Waals surface area (Å²) >= 11 is 0. The number of benzene rings is 2. The number of alkyl halides is 3. The highest BCUT2D eigenvalue weighted by Crippen LogP contribution is 2.32. The highest BCUT2D eigenvalue weighted by atomic mass is 19.4. The fourth-order valence-corrected chi connectivity index (χ4v) is 3.60. The number of hydrogen-bond donors (Lipinski definition) is 0. The summed E-state index contributed by atoms with van der Waals surface area (Å²) in [4.78, 5) is 18.5. The van der Waals surface area contributed by atoms with Gasteiger partial charge in [-0.25, -0.2) is 0 Å². The lowest BCUT2D eigenvalue weighted by molar-refractivity contribution is -0.137. The summed E-state index contributed by atoms with van der Waals surface area (Å²) in [5, 5.41) is 3.96. The van der Waals surface area contributed by atoms with Gasteiger partial charge in [0.25, 0.3) is 5.89 Å². The predicted molar refractivity (Wildman–Crippen MR) is 103 cm³/mol. The summed E-state index contributed by atoms with van der Waals surface area (Å²) in [6.45, 7) is 1.17. The van der Waals surface area contributed by atoms with Crippen molar-refractivity contribution < 1.29 is 22.5 Å². The van der Waals surface area contributed by atoms with E-state index in [0.29, 0.717) is 30.9 Å². The van der Waals surface area contributed by atoms with Gasteiger partial charge in [-0.05, 0) is 42.7 Å². The summed E-state index contributed by atoms with van der Waals surface area (Å²) in [5.41, 5.74) is 0.907. The molecule has 0 aliphatic carbocycles. The molecular weight excluding hydrogens is 395 g/mol. The number of aryl methyl sites for hydroxylation is 1. The molecule has 1 aliphatic rings. The Hall–Kier alpha value is -3.16. The standard InChI is InChI=1S/C22H20F3N3O2/c23-22(24,25)18-10-8-16(9-11-18)21-26-20(27-30-21)17-13-19(29)28(14-17)12-4-7-15-5-2-1-3-6-15/h1-3,5-6,8-11,17H,4,7,12-14H2. The predicted octanol–water partition coefficient (Wildman–Crippen LogP) is 4.70. The zero-order valence-corrected chi connectivity index (χ0v) is 16.1. The number of rotatable bonds is 6. The topological polar surface area (TPSA) is 59.2 Å². The summed E-state index contributed by atoms with van der Waals surface area (Å²) in [7, 11) is 0. The second-order valence-electron chi connectivity index (χ2n) is 7.36. The van der Waals surface area contributed by atoms with E-state index < -0.39 is 11.7 Å². The Morgan fingerprint density at radius 2 is 1.80 bits per heavy atom. The molecule has 1 fully saturated rings. The number of nitrogens with zero attached hydrogens (tertiary/aromatic N) is 3. The molecule has 5 nitrogen and oxygen atoms in total. The van der Waals surface area contributed by atoms with Gasteiger partial charge in [0.2, 0.25) is 5.91 Å². The Morgan fingerprint density at radius 3 is 2.50 bits per heavy atom. The van der Waals surface area contributed by atoms with Gasteiger partial charge in [0.05, 0.1) is 5.56 Å². The largest absolute Gasteiger partial charge is 0.416 e. The molecule has 4 rings (SSSR count). The molecule has 2 aromatic carbocycles. The van der Waals surface area contributed by atoms with E-state index in [-0.39, 0.29) is 17.7 Å². The van der Waals surface area contributed by atoms with Crippen molar-refractivity contribution in [2.75, 3.05) is 13.1 Å². The Balaban J connectivity index is 1.36. The third-order valence-electron chi connectivity index (χ3n) is 5.22. The SMILES string of the molecule is O=C1CC(c2noc(-c3ccc(C(F)(F)F)cc3)n2)CN1CCCc1ccccc1. The number of aromatic nitrogens is 2. The third kappa shape index (κ3) is 4.53. The maximum atomic E-state index is 12.7. The van der Waals surface area contributed by atoms with Crippen molar-refractivity contribution in [3.63, 3.8) is 0 Å². The molecule has 0 spiro atoms. The number of likely N-dealkylation sites (tertiary alicyclic amines) is 1. The van der Waals surface area contributed by atoms with E-state index >= 15 is 0 Å². The molecule has 30 heavy (non-hydrogen) atoms. The van der Waals surface area contributed by atoms with Crippen molar-refractivity contribution in [1.29, 1.82) is 0 Å². The van der Waals surface area contributed by atoms with Crippen LogP contribution in [-0.2, 0) is 17.4 Å². The van der Waals surface area contributed by atoms with Crippen molar-refractivity contribution in [3.05, 3.63) is 71.5 Å². The van der Waals surface area contributed by atoms with E-state index in [1.54, 1.807) is 0 Å². The first-order valence-electron chi connectivity index (χ1n) is 9.73. The maximum absolute atomic E-state index is 12.7. The van der Waals surface area contributed by atoms with Crippen LogP contribution in [0.2, 0.25) is 0 Å². The lowest BCUT2D eigenvalue weighted by Crippen LogP contribution is -2.26. The van der Waals surface area contributed by atoms with E-state index in [2.05, 4.69) is 22.3 Å². The van der Waals surface area contributed by atoms with Crippen molar-refractivity contribution in [1.82, 2.24) is 15.0 Å². The Labute approximate surface area is 171 Å². The molecule has 1 aromatic heterocycles. The van der Waals surface area contributed by atoms with Gasteiger partial charge in [0.1, 0.15) is 0 Å². The quantitative estimate of drug-likeness (QED) is 0.585. The van der Waals surface area contributed by atoms with Crippen molar-refractivity contribution in [2.45, 2.75) is 31.4 Å². The van der Waals surface area contributed by atoms with Gasteiger partial charge in [-0.2, -0.15) is 18.2 Å². The minimum Gasteiger partial charge on any atom is -0.342 e. The second-order valence-corrected chi connectivity index (χ2v) is 7.36. The molecule has 1 saturated heterocycles. The van der Waals surface area contributed by atoms with Crippen LogP contribution < -0.4 is 0 Å². The van der Waals surface area contributed by atoms with Crippen molar-refractivity contribution >= 4 is 5.91 Å². The van der Waals surface area contributed by atoms with Crippen LogP contribution in [0.1, 0.15) is 35.7 Å². The fraction of sp³-hybridized carbons (Fsp3) is 0.318. The van der Waals surface area contributed by atoms with Gasteiger partial charge in [0, 0.05) is 31.0 Å². The second kappa shape index (κ2) is 8.30. The number of carbonyl (C=O) groups is 1. The maximum Gasteiger partial charge on any atom is 0.416 e. The first-order valence-corrected chi connectivity index (χ1v) is 9.73. The first-order chi connectivity index (χ1) is 14.4. The lowest BCUT2D eigenvalue weighted by Gasteiger charge is -2.15. The van der Waals surface area contributed by atoms with Crippen LogP contribution >= 0.6 is 0 Å². The number of carbonyl (C=O) groups excluding carboxylic acids is 1. The van der Waals surface area contributed by atoms with Gasteiger partial charge in [0.15, 0.2) is 5.82 Å². The molecule has 1 atom stereocenters. The molecule has 156 valence electrons. The average Bonchev–Trinajstić information content (AvgIpc) is 3.36. The van der Waals surface area contributed by atoms with Gasteiger partial charge in [-0.1, -0.05) is 35.5 Å². The zero-order chi connectivity index (χ0) is 21.1. The molecule has 8 heteroatoms. The van der Waals surface area contributed by atoms with Crippen LogP contribution in [0.5, 0.6) is 0 Å². The van der Waals surface area contributed by atoms with Gasteiger partial charge in [-0.15, -0.1) is 0 Å². The molecule has 0 saturated carbocycles. The van der Waals surface area contributed by atoms with E-state index in [1.807, 2.05) is 23.1 Å². The number of hydrogen-bond acceptors (Lipinski definition) is 4. The molecule has 1 unspecified atom stereocenters.